The van der Waals surface area contributed by atoms with Gasteiger partial charge in [-0.15, -0.1) is 0 Å². The standard InChI is InChI=1S/C20H23FN2O3/c1-14(2)26-18-9-4-3-7-16(18)12-22-20(25)13-23-19(24)11-15-6-5-8-17(21)10-15/h3-10,14H,11-13H2,1-2H3,(H,22,25)(H,23,24). The van der Waals surface area contributed by atoms with Crippen molar-refractivity contribution in [2.24, 2.45) is 0 Å². The Morgan fingerprint density at radius 1 is 1.04 bits per heavy atom. The predicted molar refractivity (Wildman–Crippen MR) is 97.2 cm³/mol. The van der Waals surface area contributed by atoms with Crippen LogP contribution in [0, 0.1) is 5.82 Å². The van der Waals surface area contributed by atoms with E-state index in [1.807, 2.05) is 38.1 Å². The first-order chi connectivity index (χ1) is 12.4. The van der Waals surface area contributed by atoms with Crippen LogP contribution in [0.2, 0.25) is 0 Å². The van der Waals surface area contributed by atoms with Crippen LogP contribution >= 0.6 is 0 Å². The van der Waals surface area contributed by atoms with Crippen LogP contribution in [0.4, 0.5) is 4.39 Å². The predicted octanol–water partition coefficient (Wildman–Crippen LogP) is 2.59. The van der Waals surface area contributed by atoms with Crippen molar-refractivity contribution in [3.63, 3.8) is 0 Å². The molecule has 0 atom stereocenters. The number of amides is 2. The van der Waals surface area contributed by atoms with Crippen LogP contribution in [-0.4, -0.2) is 24.5 Å². The fourth-order valence-corrected chi connectivity index (χ4v) is 2.35. The maximum absolute atomic E-state index is 13.1. The summed E-state index contributed by atoms with van der Waals surface area (Å²) in [5, 5.41) is 5.28. The molecule has 0 aromatic heterocycles. The van der Waals surface area contributed by atoms with Gasteiger partial charge in [-0.1, -0.05) is 30.3 Å². The van der Waals surface area contributed by atoms with Crippen molar-refractivity contribution >= 4 is 11.8 Å². The average Bonchev–Trinajstić information content (AvgIpc) is 2.59. The second kappa shape index (κ2) is 9.56. The highest BCUT2D eigenvalue weighted by Crippen LogP contribution is 2.18. The second-order valence-corrected chi connectivity index (χ2v) is 6.13. The summed E-state index contributed by atoms with van der Waals surface area (Å²) in [6, 6.07) is 13.3. The van der Waals surface area contributed by atoms with Crippen LogP contribution in [0.1, 0.15) is 25.0 Å². The lowest BCUT2D eigenvalue weighted by Crippen LogP contribution is -2.37. The first-order valence-electron chi connectivity index (χ1n) is 8.46. The van der Waals surface area contributed by atoms with Gasteiger partial charge in [-0.2, -0.15) is 0 Å². The molecule has 0 fully saturated rings. The molecule has 2 aromatic carbocycles. The summed E-state index contributed by atoms with van der Waals surface area (Å²) in [5.74, 6) is -0.320. The Bertz CT molecular complexity index is 762. The molecule has 138 valence electrons. The zero-order valence-corrected chi connectivity index (χ0v) is 14.9. The van der Waals surface area contributed by atoms with Gasteiger partial charge in [-0.05, 0) is 37.6 Å². The molecule has 26 heavy (non-hydrogen) atoms. The van der Waals surface area contributed by atoms with E-state index in [1.165, 1.54) is 12.1 Å². The van der Waals surface area contributed by atoms with Gasteiger partial charge in [-0.25, -0.2) is 4.39 Å². The Morgan fingerprint density at radius 2 is 1.81 bits per heavy atom. The summed E-state index contributed by atoms with van der Waals surface area (Å²) in [6.45, 7) is 4.04. The second-order valence-electron chi connectivity index (χ2n) is 6.13. The molecule has 0 aliphatic heterocycles. The monoisotopic (exact) mass is 358 g/mol. The number of hydrogen-bond donors (Lipinski definition) is 2. The largest absolute Gasteiger partial charge is 0.491 e. The molecule has 2 amide bonds. The van der Waals surface area contributed by atoms with E-state index >= 15 is 0 Å². The van der Waals surface area contributed by atoms with Crippen molar-refractivity contribution in [1.82, 2.24) is 10.6 Å². The quantitative estimate of drug-likeness (QED) is 0.762. The molecular weight excluding hydrogens is 335 g/mol. The Balaban J connectivity index is 1.78. The molecule has 0 radical (unpaired) electrons. The van der Waals surface area contributed by atoms with E-state index in [9.17, 15) is 14.0 Å². The van der Waals surface area contributed by atoms with E-state index in [2.05, 4.69) is 10.6 Å². The van der Waals surface area contributed by atoms with Gasteiger partial charge in [0.25, 0.3) is 0 Å². The van der Waals surface area contributed by atoms with Crippen molar-refractivity contribution in [2.75, 3.05) is 6.54 Å². The summed E-state index contributed by atoms with van der Waals surface area (Å²) in [7, 11) is 0. The fourth-order valence-electron chi connectivity index (χ4n) is 2.35. The highest BCUT2D eigenvalue weighted by Gasteiger charge is 2.09. The average molecular weight is 358 g/mol. The molecule has 6 heteroatoms. The third kappa shape index (κ3) is 6.55. The Labute approximate surface area is 152 Å². The minimum absolute atomic E-state index is 0.0239. The van der Waals surface area contributed by atoms with Gasteiger partial charge in [-0.3, -0.25) is 9.59 Å². The van der Waals surface area contributed by atoms with Gasteiger partial charge in [0.1, 0.15) is 11.6 Å². The lowest BCUT2D eigenvalue weighted by atomic mass is 10.1. The van der Waals surface area contributed by atoms with E-state index in [0.717, 1.165) is 11.3 Å². The number of para-hydroxylation sites is 1. The number of nitrogens with one attached hydrogen (secondary N) is 2. The Morgan fingerprint density at radius 3 is 2.54 bits per heavy atom. The summed E-state index contributed by atoms with van der Waals surface area (Å²) >= 11 is 0. The fraction of sp³-hybridized carbons (Fsp3) is 0.300. The molecule has 0 unspecified atom stereocenters. The topological polar surface area (TPSA) is 67.4 Å². The number of carbonyl (C=O) groups excluding carboxylic acids is 2. The van der Waals surface area contributed by atoms with E-state index < -0.39 is 5.82 Å². The van der Waals surface area contributed by atoms with Crippen LogP contribution in [0.3, 0.4) is 0 Å². The van der Waals surface area contributed by atoms with E-state index in [1.54, 1.807) is 12.1 Å². The summed E-state index contributed by atoms with van der Waals surface area (Å²) in [5.41, 5.74) is 1.42. The first-order valence-corrected chi connectivity index (χ1v) is 8.46. The molecule has 0 bridgehead atoms. The summed E-state index contributed by atoms with van der Waals surface area (Å²) in [6.07, 6.45) is 0.0600. The lowest BCUT2D eigenvalue weighted by Gasteiger charge is -2.14. The number of ether oxygens (including phenoxy) is 1. The van der Waals surface area contributed by atoms with E-state index in [-0.39, 0.29) is 30.9 Å². The van der Waals surface area contributed by atoms with Crippen LogP contribution in [0.5, 0.6) is 5.75 Å². The minimum atomic E-state index is -0.393. The molecule has 0 aliphatic rings. The van der Waals surface area contributed by atoms with Gasteiger partial charge < -0.3 is 15.4 Å². The maximum Gasteiger partial charge on any atom is 0.239 e. The highest BCUT2D eigenvalue weighted by atomic mass is 19.1. The van der Waals surface area contributed by atoms with Crippen molar-refractivity contribution in [3.8, 4) is 5.75 Å². The molecule has 5 nitrogen and oxygen atoms in total. The summed E-state index contributed by atoms with van der Waals surface area (Å²) < 4.78 is 18.8. The molecule has 0 heterocycles. The van der Waals surface area contributed by atoms with E-state index in [0.29, 0.717) is 12.1 Å². The third-order valence-electron chi connectivity index (χ3n) is 3.51. The van der Waals surface area contributed by atoms with Gasteiger partial charge >= 0.3 is 0 Å². The first kappa shape index (κ1) is 19.4. The number of halogens is 1. The zero-order valence-electron chi connectivity index (χ0n) is 14.9. The molecule has 0 saturated heterocycles. The summed E-state index contributed by atoms with van der Waals surface area (Å²) in [4.78, 5) is 23.8. The van der Waals surface area contributed by atoms with Crippen molar-refractivity contribution in [1.29, 1.82) is 0 Å². The lowest BCUT2D eigenvalue weighted by molar-refractivity contribution is -0.125. The smallest absolute Gasteiger partial charge is 0.239 e. The van der Waals surface area contributed by atoms with Crippen LogP contribution in [0.15, 0.2) is 48.5 Å². The SMILES string of the molecule is CC(C)Oc1ccccc1CNC(=O)CNC(=O)Cc1cccc(F)c1. The van der Waals surface area contributed by atoms with E-state index in [4.69, 9.17) is 4.74 Å². The van der Waals surface area contributed by atoms with Crippen molar-refractivity contribution < 1.29 is 18.7 Å². The Kier molecular flexibility index (Phi) is 7.14. The number of carbonyl (C=O) groups is 2. The number of rotatable bonds is 8. The molecular formula is C20H23FN2O3. The normalized spacial score (nSPS) is 10.5. The zero-order chi connectivity index (χ0) is 18.9. The van der Waals surface area contributed by atoms with Gasteiger partial charge in [0.15, 0.2) is 0 Å². The van der Waals surface area contributed by atoms with Gasteiger partial charge in [0.2, 0.25) is 11.8 Å². The maximum atomic E-state index is 13.1. The number of benzene rings is 2. The molecule has 0 aliphatic carbocycles. The van der Waals surface area contributed by atoms with Crippen molar-refractivity contribution in [2.45, 2.75) is 32.9 Å². The highest BCUT2D eigenvalue weighted by molar-refractivity contribution is 5.85. The minimum Gasteiger partial charge on any atom is -0.491 e. The molecule has 0 spiro atoms. The third-order valence-corrected chi connectivity index (χ3v) is 3.51. The van der Waals surface area contributed by atoms with Crippen LogP contribution < -0.4 is 15.4 Å². The Hall–Kier alpha value is -2.89. The van der Waals surface area contributed by atoms with Crippen LogP contribution in [-0.2, 0) is 22.6 Å². The molecule has 2 rings (SSSR count). The van der Waals surface area contributed by atoms with Crippen LogP contribution in [0.25, 0.3) is 0 Å². The molecule has 0 saturated carbocycles. The molecule has 2 N–H and O–H groups in total. The van der Waals surface area contributed by atoms with Crippen molar-refractivity contribution in [3.05, 3.63) is 65.5 Å². The van der Waals surface area contributed by atoms with Gasteiger partial charge in [0, 0.05) is 12.1 Å². The van der Waals surface area contributed by atoms with Gasteiger partial charge in [0.05, 0.1) is 19.1 Å². The molecule has 2 aromatic rings. The number of hydrogen-bond acceptors (Lipinski definition) is 3.